The number of rotatable bonds is 9. The van der Waals surface area contributed by atoms with Crippen LogP contribution in [0.15, 0.2) is 60.7 Å². The summed E-state index contributed by atoms with van der Waals surface area (Å²) in [7, 11) is 2.14. The summed E-state index contributed by atoms with van der Waals surface area (Å²) in [5, 5.41) is 14.5. The highest BCUT2D eigenvalue weighted by atomic mass is 15.5. The van der Waals surface area contributed by atoms with Crippen molar-refractivity contribution in [3.63, 3.8) is 0 Å². The molecule has 0 spiro atoms. The summed E-state index contributed by atoms with van der Waals surface area (Å²) in [5.74, 6) is 2.81. The Bertz CT molecular complexity index is 1810. The predicted octanol–water partition coefficient (Wildman–Crippen LogP) is 6.72. The molecule has 208 valence electrons. The largest absolute Gasteiger partial charge is 0.331 e. The topological polar surface area (TPSA) is 90.1 Å². The van der Waals surface area contributed by atoms with Crippen molar-refractivity contribution >= 4 is 11.0 Å². The van der Waals surface area contributed by atoms with Crippen molar-refractivity contribution in [2.45, 2.75) is 59.9 Å². The highest BCUT2D eigenvalue weighted by Gasteiger charge is 2.19. The van der Waals surface area contributed by atoms with E-state index in [1.807, 2.05) is 18.2 Å². The first-order chi connectivity index (χ1) is 20.0. The van der Waals surface area contributed by atoms with Gasteiger partial charge in [0, 0.05) is 36.8 Å². The zero-order valence-electron chi connectivity index (χ0n) is 24.4. The molecule has 3 aromatic carbocycles. The van der Waals surface area contributed by atoms with Crippen molar-refractivity contribution < 1.29 is 0 Å². The number of aromatic amines is 1. The molecule has 1 N–H and O–H groups in total. The van der Waals surface area contributed by atoms with Crippen LogP contribution in [-0.2, 0) is 32.9 Å². The van der Waals surface area contributed by atoms with E-state index in [1.54, 1.807) is 0 Å². The van der Waals surface area contributed by atoms with Crippen molar-refractivity contribution in [3.05, 3.63) is 89.0 Å². The number of fused-ring (bicyclic) bond motifs is 1. The first-order valence-electron chi connectivity index (χ1n) is 14.5. The van der Waals surface area contributed by atoms with Crippen LogP contribution in [0.5, 0.6) is 0 Å². The number of hydrogen-bond donors (Lipinski definition) is 1. The monoisotopic (exact) mass is 544 g/mol. The Morgan fingerprint density at radius 3 is 2.29 bits per heavy atom. The van der Waals surface area contributed by atoms with Crippen LogP contribution in [0.4, 0.5) is 0 Å². The molecule has 0 atom stereocenters. The molecule has 0 unspecified atom stereocenters. The number of aromatic nitrogens is 8. The minimum absolute atomic E-state index is 0.662. The van der Waals surface area contributed by atoms with Gasteiger partial charge in [0.25, 0.3) is 0 Å². The summed E-state index contributed by atoms with van der Waals surface area (Å²) in [5.41, 5.74) is 11.5. The maximum atomic E-state index is 5.13. The molecule has 0 aliphatic heterocycles. The molecule has 41 heavy (non-hydrogen) atoms. The van der Waals surface area contributed by atoms with E-state index in [-0.39, 0.29) is 0 Å². The highest BCUT2D eigenvalue weighted by molar-refractivity contribution is 5.85. The van der Waals surface area contributed by atoms with E-state index in [0.29, 0.717) is 5.82 Å². The highest BCUT2D eigenvalue weighted by Crippen LogP contribution is 2.32. The van der Waals surface area contributed by atoms with E-state index in [9.17, 15) is 0 Å². The zero-order chi connectivity index (χ0) is 28.5. The van der Waals surface area contributed by atoms with Crippen LogP contribution in [0.3, 0.4) is 0 Å². The normalized spacial score (nSPS) is 11.5. The van der Waals surface area contributed by atoms with Gasteiger partial charge in [-0.15, -0.1) is 5.10 Å². The van der Waals surface area contributed by atoms with Gasteiger partial charge in [0.1, 0.15) is 11.6 Å². The summed E-state index contributed by atoms with van der Waals surface area (Å²) in [4.78, 5) is 10.2. The van der Waals surface area contributed by atoms with Gasteiger partial charge in [-0.05, 0) is 71.0 Å². The molecular formula is C33H36N8. The molecule has 0 bridgehead atoms. The number of benzene rings is 3. The molecule has 6 rings (SSSR count). The molecule has 0 aliphatic carbocycles. The van der Waals surface area contributed by atoms with E-state index in [0.717, 1.165) is 77.2 Å². The number of nitrogens with zero attached hydrogens (tertiary/aromatic N) is 7. The van der Waals surface area contributed by atoms with Crippen molar-refractivity contribution in [2.24, 2.45) is 7.05 Å². The first kappa shape index (κ1) is 26.6. The Labute approximate surface area is 240 Å². The van der Waals surface area contributed by atoms with Gasteiger partial charge in [-0.2, -0.15) is 0 Å². The molecule has 3 heterocycles. The van der Waals surface area contributed by atoms with Gasteiger partial charge in [0.2, 0.25) is 0 Å². The number of H-pyrrole nitrogens is 1. The number of tetrazole rings is 1. The van der Waals surface area contributed by atoms with E-state index in [4.69, 9.17) is 9.97 Å². The van der Waals surface area contributed by atoms with Crippen LogP contribution in [-0.4, -0.2) is 39.7 Å². The van der Waals surface area contributed by atoms with Crippen molar-refractivity contribution in [2.75, 3.05) is 0 Å². The number of hydrogen-bond acceptors (Lipinski definition) is 5. The zero-order valence-corrected chi connectivity index (χ0v) is 24.4. The fourth-order valence-corrected chi connectivity index (χ4v) is 5.92. The first-order valence-corrected chi connectivity index (χ1v) is 14.5. The van der Waals surface area contributed by atoms with E-state index >= 15 is 0 Å². The average molecular weight is 545 g/mol. The van der Waals surface area contributed by atoms with Crippen LogP contribution in [0.25, 0.3) is 44.9 Å². The lowest BCUT2D eigenvalue weighted by Gasteiger charge is -2.12. The van der Waals surface area contributed by atoms with Gasteiger partial charge >= 0.3 is 0 Å². The quantitative estimate of drug-likeness (QED) is 0.218. The van der Waals surface area contributed by atoms with Crippen LogP contribution >= 0.6 is 0 Å². The van der Waals surface area contributed by atoms with Crippen molar-refractivity contribution in [1.29, 1.82) is 0 Å². The summed E-state index contributed by atoms with van der Waals surface area (Å²) < 4.78 is 4.65. The lowest BCUT2D eigenvalue weighted by molar-refractivity contribution is 0.722. The second-order valence-corrected chi connectivity index (χ2v) is 10.6. The second-order valence-electron chi connectivity index (χ2n) is 10.6. The Kier molecular flexibility index (Phi) is 7.22. The van der Waals surface area contributed by atoms with Gasteiger partial charge in [0.15, 0.2) is 5.82 Å². The fraction of sp³-hybridized carbons (Fsp3) is 0.303. The van der Waals surface area contributed by atoms with Gasteiger partial charge in [-0.1, -0.05) is 69.3 Å². The molecule has 8 heteroatoms. The third-order valence-corrected chi connectivity index (χ3v) is 7.95. The van der Waals surface area contributed by atoms with E-state index in [1.165, 1.54) is 22.5 Å². The second kappa shape index (κ2) is 11.1. The molecule has 6 aromatic rings. The molecule has 8 nitrogen and oxygen atoms in total. The maximum Gasteiger partial charge on any atom is 0.180 e. The van der Waals surface area contributed by atoms with Crippen molar-refractivity contribution in [3.8, 4) is 33.9 Å². The minimum atomic E-state index is 0.662. The summed E-state index contributed by atoms with van der Waals surface area (Å²) >= 11 is 0. The molecule has 3 aromatic heterocycles. The standard InChI is InChI=1S/C33H36N8/c1-6-11-30-35-31-21(4)18-24(33-34-27(7-2)28(8-3)40(33)5)19-29(31)41(30)20-22-14-16-23(17-15-22)25-12-9-10-13-26(25)32-36-38-39-37-32/h9-10,12-19H,6-8,11,20H2,1-5H3,(H,36,37,38,39). The van der Waals surface area contributed by atoms with E-state index in [2.05, 4.69) is 107 Å². The third-order valence-electron chi connectivity index (χ3n) is 7.95. The fourth-order valence-electron chi connectivity index (χ4n) is 5.92. The Morgan fingerprint density at radius 2 is 1.63 bits per heavy atom. The molecular weight excluding hydrogens is 508 g/mol. The van der Waals surface area contributed by atoms with Crippen LogP contribution < -0.4 is 0 Å². The van der Waals surface area contributed by atoms with Gasteiger partial charge in [-0.3, -0.25) is 0 Å². The smallest absolute Gasteiger partial charge is 0.180 e. The Balaban J connectivity index is 1.39. The Morgan fingerprint density at radius 1 is 0.854 bits per heavy atom. The molecule has 0 fully saturated rings. The lowest BCUT2D eigenvalue weighted by Crippen LogP contribution is -2.05. The summed E-state index contributed by atoms with van der Waals surface area (Å²) in [6.07, 6.45) is 3.89. The van der Waals surface area contributed by atoms with Gasteiger partial charge < -0.3 is 9.13 Å². The average Bonchev–Trinajstić information content (AvgIpc) is 3.72. The van der Waals surface area contributed by atoms with Gasteiger partial charge in [-0.25, -0.2) is 15.1 Å². The third kappa shape index (κ3) is 4.84. The maximum absolute atomic E-state index is 5.13. The number of aryl methyl sites for hydroxylation is 3. The van der Waals surface area contributed by atoms with Crippen molar-refractivity contribution in [1.82, 2.24) is 39.7 Å². The van der Waals surface area contributed by atoms with Gasteiger partial charge in [0.05, 0.1) is 16.7 Å². The predicted molar refractivity (Wildman–Crippen MR) is 164 cm³/mol. The minimum Gasteiger partial charge on any atom is -0.331 e. The van der Waals surface area contributed by atoms with Crippen LogP contribution in [0.2, 0.25) is 0 Å². The lowest BCUT2D eigenvalue weighted by atomic mass is 9.98. The molecule has 0 saturated carbocycles. The SMILES string of the molecule is CCCc1nc2c(C)cc(-c3nc(CC)c(CC)n3C)cc2n1Cc1ccc(-c2ccccc2-c2nnn[nH]2)cc1. The number of nitrogens with one attached hydrogen (secondary N) is 1. The van der Waals surface area contributed by atoms with Crippen LogP contribution in [0, 0.1) is 6.92 Å². The Hall–Kier alpha value is -4.59. The summed E-state index contributed by atoms with van der Waals surface area (Å²) in [6, 6.07) is 21.5. The number of imidazole rings is 2. The van der Waals surface area contributed by atoms with E-state index < -0.39 is 0 Å². The molecule has 0 radical (unpaired) electrons. The molecule has 0 amide bonds. The summed E-state index contributed by atoms with van der Waals surface area (Å²) in [6.45, 7) is 9.52. The van der Waals surface area contributed by atoms with Crippen LogP contribution in [0.1, 0.15) is 55.5 Å². The molecule has 0 saturated heterocycles. The molecule has 0 aliphatic rings.